The molecule has 0 spiro atoms. The highest BCUT2D eigenvalue weighted by Crippen LogP contribution is 2.48. The number of aliphatic hydroxyl groups excluding tert-OH is 2. The number of nitrogens with zero attached hydrogens (tertiary/aromatic N) is 5. The summed E-state index contributed by atoms with van der Waals surface area (Å²) in [6.07, 6.45) is 1.16. The summed E-state index contributed by atoms with van der Waals surface area (Å²) in [5, 5.41) is 33.1. The van der Waals surface area contributed by atoms with E-state index in [1.165, 1.54) is 18.5 Å². The summed E-state index contributed by atoms with van der Waals surface area (Å²) in [5.41, 5.74) is 5.94. The molecule has 8 nitrogen and oxygen atoms in total. The number of rotatable bonds is 4. The molecule has 4 atom stereocenters. The number of aromatic nitrogens is 4. The first-order valence-corrected chi connectivity index (χ1v) is 11.3. The van der Waals surface area contributed by atoms with Crippen molar-refractivity contribution in [2.45, 2.75) is 37.5 Å². The van der Waals surface area contributed by atoms with Crippen LogP contribution < -0.4 is 5.73 Å². The number of hydrogen-bond acceptors (Lipinski definition) is 7. The molecule has 0 bridgehead atoms. The Kier molecular flexibility index (Phi) is 5.57. The molecule has 3 heterocycles. The first-order chi connectivity index (χ1) is 16.2. The number of fused-ring (bicyclic) bond motifs is 2. The molecule has 1 aliphatic rings. The fourth-order valence-corrected chi connectivity index (χ4v) is 5.17. The molecule has 0 aliphatic heterocycles. The van der Waals surface area contributed by atoms with Crippen molar-refractivity contribution in [1.82, 2.24) is 19.5 Å². The third kappa shape index (κ3) is 3.54. The van der Waals surface area contributed by atoms with Gasteiger partial charge in [-0.3, -0.25) is 0 Å². The fraction of sp³-hybridized carbons (Fsp3) is 0.304. The van der Waals surface area contributed by atoms with Crippen LogP contribution >= 0.6 is 23.2 Å². The van der Waals surface area contributed by atoms with Crippen molar-refractivity contribution < 1.29 is 14.6 Å². The predicted molar refractivity (Wildman–Crippen MR) is 126 cm³/mol. The lowest BCUT2D eigenvalue weighted by atomic mass is 9.79. The largest absolute Gasteiger partial charge is 0.389 e. The van der Waals surface area contributed by atoms with Crippen LogP contribution in [0.5, 0.6) is 0 Å². The Hall–Kier alpha value is -3.03. The van der Waals surface area contributed by atoms with Gasteiger partial charge in [0.05, 0.1) is 33.5 Å². The van der Waals surface area contributed by atoms with Crippen LogP contribution in [0.4, 0.5) is 10.2 Å². The van der Waals surface area contributed by atoms with E-state index in [2.05, 4.69) is 21.0 Å². The van der Waals surface area contributed by atoms with E-state index in [0.717, 1.165) is 0 Å². The molecular weight excluding hydrogens is 482 g/mol. The van der Waals surface area contributed by atoms with Gasteiger partial charge in [-0.05, 0) is 49.1 Å². The van der Waals surface area contributed by atoms with Crippen LogP contribution in [-0.2, 0) is 6.42 Å². The van der Waals surface area contributed by atoms with Crippen molar-refractivity contribution in [2.24, 2.45) is 5.41 Å². The molecule has 1 saturated carbocycles. The van der Waals surface area contributed by atoms with Crippen LogP contribution in [0.2, 0.25) is 10.2 Å². The molecule has 174 valence electrons. The Morgan fingerprint density at radius 3 is 2.79 bits per heavy atom. The average molecular weight is 501 g/mol. The van der Waals surface area contributed by atoms with Crippen molar-refractivity contribution >= 4 is 51.0 Å². The minimum atomic E-state index is -1.31. The summed E-state index contributed by atoms with van der Waals surface area (Å²) in [7, 11) is 0. The van der Waals surface area contributed by atoms with Gasteiger partial charge in [-0.25, -0.2) is 19.3 Å². The van der Waals surface area contributed by atoms with Gasteiger partial charge >= 0.3 is 0 Å². The summed E-state index contributed by atoms with van der Waals surface area (Å²) in [6.45, 7) is 0. The van der Waals surface area contributed by atoms with Gasteiger partial charge in [0, 0.05) is 11.6 Å². The van der Waals surface area contributed by atoms with Crippen LogP contribution in [0.1, 0.15) is 24.4 Å². The molecule has 3 aromatic heterocycles. The SMILES string of the molecule is N#C[C@]1(CCc2cc(F)c3cc(Cl)c(N)nc3c2)C[C@@H](n2ccc3c(Cl)ncnc32)[C@H](O)[C@@H]1O. The van der Waals surface area contributed by atoms with Crippen molar-refractivity contribution in [2.75, 3.05) is 5.73 Å². The monoisotopic (exact) mass is 500 g/mol. The topological polar surface area (TPSA) is 134 Å². The number of benzene rings is 1. The van der Waals surface area contributed by atoms with E-state index in [1.807, 2.05) is 0 Å². The zero-order chi connectivity index (χ0) is 24.2. The summed E-state index contributed by atoms with van der Waals surface area (Å²) in [6, 6.07) is 7.81. The number of hydrogen-bond donors (Lipinski definition) is 3. The van der Waals surface area contributed by atoms with Crippen molar-refractivity contribution in [3.05, 3.63) is 58.3 Å². The molecule has 11 heteroatoms. The molecule has 34 heavy (non-hydrogen) atoms. The predicted octanol–water partition coefficient (Wildman–Crippen LogP) is 3.82. The quantitative estimate of drug-likeness (QED) is 0.362. The van der Waals surface area contributed by atoms with Gasteiger partial charge in [0.25, 0.3) is 0 Å². The second-order valence-corrected chi connectivity index (χ2v) is 9.36. The van der Waals surface area contributed by atoms with E-state index >= 15 is 0 Å². The van der Waals surface area contributed by atoms with Crippen LogP contribution in [0.15, 0.2) is 36.8 Å². The van der Waals surface area contributed by atoms with E-state index in [9.17, 15) is 19.9 Å². The lowest BCUT2D eigenvalue weighted by Gasteiger charge is -2.25. The summed E-state index contributed by atoms with van der Waals surface area (Å²) < 4.78 is 16.4. The molecule has 1 fully saturated rings. The summed E-state index contributed by atoms with van der Waals surface area (Å²) in [5.74, 6) is -0.410. The first-order valence-electron chi connectivity index (χ1n) is 10.5. The Morgan fingerprint density at radius 2 is 2.03 bits per heavy atom. The Balaban J connectivity index is 1.44. The average Bonchev–Trinajstić information content (AvgIpc) is 3.35. The van der Waals surface area contributed by atoms with Gasteiger partial charge in [0.2, 0.25) is 0 Å². The van der Waals surface area contributed by atoms with Gasteiger partial charge in [-0.15, -0.1) is 0 Å². The van der Waals surface area contributed by atoms with E-state index in [1.54, 1.807) is 22.9 Å². The Bertz CT molecular complexity index is 1470. The normalized spacial score (nSPS) is 24.6. The van der Waals surface area contributed by atoms with Crippen molar-refractivity contribution in [3.63, 3.8) is 0 Å². The first kappa shape index (κ1) is 22.7. The van der Waals surface area contributed by atoms with E-state index in [4.69, 9.17) is 28.9 Å². The molecule has 5 rings (SSSR count). The molecule has 0 amide bonds. The molecule has 4 aromatic rings. The summed E-state index contributed by atoms with van der Waals surface area (Å²) >= 11 is 12.1. The highest BCUT2D eigenvalue weighted by Gasteiger charge is 2.53. The number of nitriles is 1. The molecule has 0 unspecified atom stereocenters. The van der Waals surface area contributed by atoms with E-state index in [0.29, 0.717) is 22.1 Å². The smallest absolute Gasteiger partial charge is 0.145 e. The standard InChI is InChI=1S/C23H19Cl2FN6O2/c24-14-7-13-15(26)5-11(6-16(13)31-21(14)28)1-3-23(9-27)8-17(18(33)19(23)34)32-4-2-12-20(25)29-10-30-22(12)32/h2,4-7,10,17-19,33-34H,1,3,8H2,(H2,28,31)/t17-,18+,19+,23+/m1/s1. The minimum Gasteiger partial charge on any atom is -0.389 e. The van der Waals surface area contributed by atoms with Crippen LogP contribution in [0.25, 0.3) is 21.9 Å². The second kappa shape index (κ2) is 8.32. The Labute approximate surface area is 203 Å². The van der Waals surface area contributed by atoms with E-state index < -0.39 is 29.5 Å². The van der Waals surface area contributed by atoms with Crippen LogP contribution in [0.3, 0.4) is 0 Å². The molecule has 0 radical (unpaired) electrons. The van der Waals surface area contributed by atoms with Gasteiger partial charge in [0.15, 0.2) is 0 Å². The van der Waals surface area contributed by atoms with Gasteiger partial charge < -0.3 is 20.5 Å². The van der Waals surface area contributed by atoms with Gasteiger partial charge in [-0.1, -0.05) is 23.2 Å². The van der Waals surface area contributed by atoms with Gasteiger partial charge in [0.1, 0.15) is 41.0 Å². The molecular formula is C23H19Cl2FN6O2. The highest BCUT2D eigenvalue weighted by molar-refractivity contribution is 6.34. The zero-order valence-electron chi connectivity index (χ0n) is 17.7. The fourth-order valence-electron chi connectivity index (χ4n) is 4.83. The molecule has 0 saturated heterocycles. The van der Waals surface area contributed by atoms with Crippen molar-refractivity contribution in [1.29, 1.82) is 5.26 Å². The van der Waals surface area contributed by atoms with E-state index in [-0.39, 0.29) is 40.6 Å². The molecule has 1 aliphatic carbocycles. The van der Waals surface area contributed by atoms with Gasteiger partial charge in [-0.2, -0.15) is 5.26 Å². The lowest BCUT2D eigenvalue weighted by molar-refractivity contribution is -0.0121. The number of nitrogens with two attached hydrogens (primary N) is 1. The third-order valence-corrected chi connectivity index (χ3v) is 7.29. The van der Waals surface area contributed by atoms with Crippen LogP contribution in [0, 0.1) is 22.6 Å². The second-order valence-electron chi connectivity index (χ2n) is 8.60. The number of anilines is 1. The number of nitrogen functional groups attached to an aromatic ring is 1. The van der Waals surface area contributed by atoms with Crippen molar-refractivity contribution in [3.8, 4) is 6.07 Å². The third-order valence-electron chi connectivity index (χ3n) is 6.68. The summed E-state index contributed by atoms with van der Waals surface area (Å²) in [4.78, 5) is 12.4. The highest BCUT2D eigenvalue weighted by atomic mass is 35.5. The zero-order valence-corrected chi connectivity index (χ0v) is 19.2. The molecule has 1 aromatic carbocycles. The van der Waals surface area contributed by atoms with Crippen LogP contribution in [-0.4, -0.2) is 41.9 Å². The molecule has 4 N–H and O–H groups in total. The maximum absolute atomic E-state index is 14.7. The maximum atomic E-state index is 14.7. The number of pyridine rings is 1. The number of aliphatic hydroxyl groups is 2. The minimum absolute atomic E-state index is 0.0965. The number of aryl methyl sites for hydroxylation is 1. The Morgan fingerprint density at radius 1 is 1.24 bits per heavy atom. The maximum Gasteiger partial charge on any atom is 0.145 e. The number of halogens is 3. The lowest BCUT2D eigenvalue weighted by Crippen LogP contribution is -2.36.